The van der Waals surface area contributed by atoms with Gasteiger partial charge in [0.25, 0.3) is 0 Å². The fourth-order valence-electron chi connectivity index (χ4n) is 1.84. The predicted octanol–water partition coefficient (Wildman–Crippen LogP) is 2.65. The zero-order valence-corrected chi connectivity index (χ0v) is 10.1. The van der Waals surface area contributed by atoms with E-state index in [-0.39, 0.29) is 0 Å². The van der Waals surface area contributed by atoms with E-state index in [1.54, 1.807) is 12.3 Å². The quantitative estimate of drug-likeness (QED) is 0.621. The van der Waals surface area contributed by atoms with Crippen LogP contribution in [0, 0.1) is 13.8 Å². The minimum Gasteiger partial charge on any atom is -0.469 e. The van der Waals surface area contributed by atoms with Crippen molar-refractivity contribution in [3.63, 3.8) is 0 Å². The molecule has 0 aliphatic rings. The summed E-state index contributed by atoms with van der Waals surface area (Å²) in [6.45, 7) is 3.75. The zero-order chi connectivity index (χ0) is 12.0. The van der Waals surface area contributed by atoms with Crippen LogP contribution in [0.4, 0.5) is 0 Å². The van der Waals surface area contributed by atoms with Crippen molar-refractivity contribution in [2.24, 2.45) is 0 Å². The first kappa shape index (κ1) is 10.3. The fraction of sp³-hybridized carbons (Fsp3) is 0.182. The fourth-order valence-corrected chi connectivity index (χ4v) is 2.06. The Morgan fingerprint density at radius 1 is 1.29 bits per heavy atom. The van der Waals surface area contributed by atoms with E-state index in [1.807, 2.05) is 24.3 Å². The van der Waals surface area contributed by atoms with Gasteiger partial charge in [-0.25, -0.2) is 4.98 Å². The van der Waals surface area contributed by atoms with Crippen LogP contribution in [-0.2, 0) is 0 Å². The molecule has 0 aliphatic heterocycles. The van der Waals surface area contributed by atoms with E-state index in [1.165, 1.54) is 0 Å². The Hall–Kier alpha value is -1.88. The van der Waals surface area contributed by atoms with E-state index in [4.69, 9.17) is 16.0 Å². The Labute approximate surface area is 102 Å². The molecule has 0 N–H and O–H groups in total. The maximum Gasteiger partial charge on any atom is 0.173 e. The summed E-state index contributed by atoms with van der Waals surface area (Å²) in [6.07, 6.45) is 1.63. The Balaban J connectivity index is 2.36. The van der Waals surface area contributed by atoms with Gasteiger partial charge in [0, 0.05) is 6.07 Å². The number of furan rings is 1. The molecule has 3 heterocycles. The highest BCUT2D eigenvalue weighted by Gasteiger charge is 2.14. The number of rotatable bonds is 1. The lowest BCUT2D eigenvalue weighted by Gasteiger charge is -2.02. The lowest BCUT2D eigenvalue weighted by molar-refractivity contribution is 0.535. The molecule has 0 spiro atoms. The molecule has 3 aromatic rings. The van der Waals surface area contributed by atoms with Gasteiger partial charge in [0.1, 0.15) is 16.7 Å². The normalized spacial score (nSPS) is 11.2. The molecular weight excluding hydrogens is 240 g/mol. The van der Waals surface area contributed by atoms with E-state index in [2.05, 4.69) is 15.2 Å². The van der Waals surface area contributed by atoms with Crippen molar-refractivity contribution in [3.05, 3.63) is 35.1 Å². The van der Waals surface area contributed by atoms with Crippen molar-refractivity contribution in [2.75, 3.05) is 0 Å². The van der Waals surface area contributed by atoms with Crippen LogP contribution >= 0.6 is 11.6 Å². The summed E-state index contributed by atoms with van der Waals surface area (Å²) in [5.74, 6) is 2.26. The lowest BCUT2D eigenvalue weighted by Crippen LogP contribution is -1.98. The molecule has 0 amide bonds. The van der Waals surface area contributed by atoms with Crippen molar-refractivity contribution in [3.8, 4) is 11.4 Å². The predicted molar refractivity (Wildman–Crippen MR) is 63.0 cm³/mol. The van der Waals surface area contributed by atoms with Gasteiger partial charge in [0.2, 0.25) is 0 Å². The highest BCUT2D eigenvalue weighted by Crippen LogP contribution is 2.24. The Morgan fingerprint density at radius 3 is 2.82 bits per heavy atom. The van der Waals surface area contributed by atoms with Crippen LogP contribution in [-0.4, -0.2) is 19.6 Å². The first-order chi connectivity index (χ1) is 8.16. The Bertz CT molecular complexity index is 701. The number of aromatic nitrogens is 4. The average Bonchev–Trinajstić information content (AvgIpc) is 2.83. The molecule has 0 aromatic carbocycles. The number of hydrogen-bond acceptors (Lipinski definition) is 4. The van der Waals surface area contributed by atoms with E-state index in [9.17, 15) is 0 Å². The molecule has 6 heteroatoms. The Kier molecular flexibility index (Phi) is 2.16. The molecule has 0 aliphatic carbocycles. The van der Waals surface area contributed by atoms with Crippen LogP contribution in [0.5, 0.6) is 0 Å². The highest BCUT2D eigenvalue weighted by molar-refractivity contribution is 6.29. The second kappa shape index (κ2) is 3.56. The van der Waals surface area contributed by atoms with Gasteiger partial charge in [0.15, 0.2) is 11.5 Å². The first-order valence-corrected chi connectivity index (χ1v) is 5.47. The molecular formula is C11H9ClN4O. The van der Waals surface area contributed by atoms with Gasteiger partial charge in [-0.1, -0.05) is 11.6 Å². The minimum absolute atomic E-state index is 0.415. The van der Waals surface area contributed by atoms with Gasteiger partial charge in [-0.2, -0.15) is 0 Å². The SMILES string of the molecule is Cc1occc1-c1nnc2cc(Cl)nc(C)n12. The van der Waals surface area contributed by atoms with Gasteiger partial charge in [-0.3, -0.25) is 4.40 Å². The smallest absolute Gasteiger partial charge is 0.173 e. The van der Waals surface area contributed by atoms with Gasteiger partial charge in [-0.05, 0) is 19.9 Å². The molecule has 17 heavy (non-hydrogen) atoms. The van der Waals surface area contributed by atoms with E-state index in [0.717, 1.165) is 17.1 Å². The molecule has 3 aromatic heterocycles. The molecule has 0 fully saturated rings. The van der Waals surface area contributed by atoms with Crippen LogP contribution in [0.2, 0.25) is 5.15 Å². The molecule has 5 nitrogen and oxygen atoms in total. The third-order valence-electron chi connectivity index (χ3n) is 2.63. The lowest BCUT2D eigenvalue weighted by atomic mass is 10.2. The summed E-state index contributed by atoms with van der Waals surface area (Å²) in [5, 5.41) is 8.65. The molecule has 0 unspecified atom stereocenters. The van der Waals surface area contributed by atoms with Crippen LogP contribution in [0.3, 0.4) is 0 Å². The molecule has 0 radical (unpaired) electrons. The molecule has 0 atom stereocenters. The largest absolute Gasteiger partial charge is 0.469 e. The monoisotopic (exact) mass is 248 g/mol. The summed E-state index contributed by atoms with van der Waals surface area (Å²) >= 11 is 5.88. The molecule has 0 bridgehead atoms. The zero-order valence-electron chi connectivity index (χ0n) is 9.31. The second-order valence-electron chi connectivity index (χ2n) is 3.73. The summed E-state index contributed by atoms with van der Waals surface area (Å²) in [5.41, 5.74) is 1.59. The summed E-state index contributed by atoms with van der Waals surface area (Å²) in [7, 11) is 0. The van der Waals surface area contributed by atoms with Crippen LogP contribution in [0.25, 0.3) is 17.0 Å². The maximum atomic E-state index is 5.88. The standard InChI is InChI=1S/C11H9ClN4O/c1-6-8(3-4-17-6)11-15-14-10-5-9(12)13-7(2)16(10)11/h3-5H,1-2H3. The Morgan fingerprint density at radius 2 is 2.12 bits per heavy atom. The number of nitrogens with zero attached hydrogens (tertiary/aromatic N) is 4. The number of fused-ring (bicyclic) bond motifs is 1. The number of aryl methyl sites for hydroxylation is 2. The van der Waals surface area contributed by atoms with Gasteiger partial charge in [0.05, 0.1) is 11.8 Å². The molecule has 3 rings (SSSR count). The molecule has 86 valence electrons. The summed E-state index contributed by atoms with van der Waals surface area (Å²) in [6, 6.07) is 3.54. The third-order valence-corrected chi connectivity index (χ3v) is 2.82. The van der Waals surface area contributed by atoms with Crippen molar-refractivity contribution < 1.29 is 4.42 Å². The van der Waals surface area contributed by atoms with E-state index in [0.29, 0.717) is 16.6 Å². The van der Waals surface area contributed by atoms with Crippen LogP contribution < -0.4 is 0 Å². The summed E-state index contributed by atoms with van der Waals surface area (Å²) in [4.78, 5) is 4.19. The van der Waals surface area contributed by atoms with Crippen LogP contribution in [0.15, 0.2) is 22.8 Å². The van der Waals surface area contributed by atoms with Crippen molar-refractivity contribution >= 4 is 17.2 Å². The van der Waals surface area contributed by atoms with Gasteiger partial charge >= 0.3 is 0 Å². The van der Waals surface area contributed by atoms with E-state index >= 15 is 0 Å². The minimum atomic E-state index is 0.415. The molecule has 0 saturated carbocycles. The second-order valence-corrected chi connectivity index (χ2v) is 4.12. The number of hydrogen-bond donors (Lipinski definition) is 0. The van der Waals surface area contributed by atoms with Gasteiger partial charge < -0.3 is 4.42 Å². The molecule has 0 saturated heterocycles. The summed E-state index contributed by atoms with van der Waals surface area (Å²) < 4.78 is 7.12. The number of halogens is 1. The first-order valence-electron chi connectivity index (χ1n) is 5.09. The van der Waals surface area contributed by atoms with Crippen molar-refractivity contribution in [1.29, 1.82) is 0 Å². The van der Waals surface area contributed by atoms with E-state index < -0.39 is 0 Å². The van der Waals surface area contributed by atoms with Crippen LogP contribution in [0.1, 0.15) is 11.6 Å². The average molecular weight is 249 g/mol. The third kappa shape index (κ3) is 1.51. The topological polar surface area (TPSA) is 56.2 Å². The highest BCUT2D eigenvalue weighted by atomic mass is 35.5. The van der Waals surface area contributed by atoms with Crippen molar-refractivity contribution in [2.45, 2.75) is 13.8 Å². The maximum absolute atomic E-state index is 5.88. The van der Waals surface area contributed by atoms with Crippen molar-refractivity contribution in [1.82, 2.24) is 19.6 Å². The van der Waals surface area contributed by atoms with Gasteiger partial charge in [-0.15, -0.1) is 10.2 Å².